The maximum absolute atomic E-state index is 12.6. The van der Waals surface area contributed by atoms with Crippen LogP contribution in [0.5, 0.6) is 0 Å². The Morgan fingerprint density at radius 2 is 2.00 bits per heavy atom. The van der Waals surface area contributed by atoms with Gasteiger partial charge in [-0.2, -0.15) is 0 Å². The fourth-order valence-corrected chi connectivity index (χ4v) is 3.87. The van der Waals surface area contributed by atoms with E-state index in [-0.39, 0.29) is 28.8 Å². The summed E-state index contributed by atoms with van der Waals surface area (Å²) in [4.78, 5) is 50.1. The molecule has 2 N–H and O–H groups in total. The van der Waals surface area contributed by atoms with E-state index in [2.05, 4.69) is 10.6 Å². The van der Waals surface area contributed by atoms with Gasteiger partial charge < -0.3 is 15.1 Å². The van der Waals surface area contributed by atoms with Crippen molar-refractivity contribution in [3.63, 3.8) is 0 Å². The molecule has 11 heteroatoms. The van der Waals surface area contributed by atoms with E-state index < -0.39 is 29.0 Å². The summed E-state index contributed by atoms with van der Waals surface area (Å²) in [6.45, 7) is 1.52. The molecule has 2 heterocycles. The van der Waals surface area contributed by atoms with E-state index in [9.17, 15) is 19.2 Å². The second-order valence-corrected chi connectivity index (χ2v) is 8.22. The number of benzene rings is 1. The number of imide groups is 1. The number of furan rings is 1. The summed E-state index contributed by atoms with van der Waals surface area (Å²) in [6.07, 6.45) is 2.86. The summed E-state index contributed by atoms with van der Waals surface area (Å²) in [6, 6.07) is 7.19. The zero-order valence-corrected chi connectivity index (χ0v) is 18.5. The Bertz CT molecular complexity index is 1060. The van der Waals surface area contributed by atoms with Crippen LogP contribution in [0.1, 0.15) is 23.0 Å². The molecular formula is C20H17Cl2N3O5S. The number of hydrogen-bond donors (Lipinski definition) is 2. The lowest BCUT2D eigenvalue weighted by molar-refractivity contribution is -0.124. The number of nitrogens with zero attached hydrogens (tertiary/aromatic N) is 1. The highest BCUT2D eigenvalue weighted by Crippen LogP contribution is 2.34. The standard InChI is InChI=1S/C20H17Cl2N3O5S/c1-11(24-18(27)14-6-3-9-30-14)17(26)23-7-8-25-19(28)15(31-20(25)29)10-12-4-2-5-13(21)16(12)22/h2-6,9-11H,7-8H2,1H3,(H,23,26)(H,24,27)/b15-10-/t11-/m0/s1. The van der Waals surface area contributed by atoms with Gasteiger partial charge in [-0.15, -0.1) is 0 Å². The first-order valence-corrected chi connectivity index (χ1v) is 10.7. The minimum absolute atomic E-state index is 0.0180. The maximum atomic E-state index is 12.6. The third-order valence-corrected chi connectivity index (χ3v) is 6.00. The van der Waals surface area contributed by atoms with Gasteiger partial charge in [0.05, 0.1) is 21.2 Å². The van der Waals surface area contributed by atoms with E-state index in [1.54, 1.807) is 24.3 Å². The Morgan fingerprint density at radius 1 is 1.23 bits per heavy atom. The Morgan fingerprint density at radius 3 is 2.71 bits per heavy atom. The van der Waals surface area contributed by atoms with Crippen molar-refractivity contribution in [2.45, 2.75) is 13.0 Å². The highest BCUT2D eigenvalue weighted by atomic mass is 35.5. The minimum atomic E-state index is -0.836. The van der Waals surface area contributed by atoms with Gasteiger partial charge in [0.25, 0.3) is 17.1 Å². The van der Waals surface area contributed by atoms with Gasteiger partial charge in [-0.05, 0) is 48.5 Å². The van der Waals surface area contributed by atoms with Crippen molar-refractivity contribution in [2.75, 3.05) is 13.1 Å². The molecule has 1 aliphatic heterocycles. The molecule has 1 saturated heterocycles. The predicted molar refractivity (Wildman–Crippen MR) is 118 cm³/mol. The Kier molecular flexibility index (Phi) is 7.42. The first kappa shape index (κ1) is 22.9. The van der Waals surface area contributed by atoms with Crippen molar-refractivity contribution in [1.29, 1.82) is 0 Å². The van der Waals surface area contributed by atoms with Gasteiger partial charge in [0, 0.05) is 13.1 Å². The molecule has 0 radical (unpaired) electrons. The summed E-state index contributed by atoms with van der Waals surface area (Å²) >= 11 is 12.9. The number of halogens is 2. The van der Waals surface area contributed by atoms with Gasteiger partial charge in [0.2, 0.25) is 5.91 Å². The monoisotopic (exact) mass is 481 g/mol. The largest absolute Gasteiger partial charge is 0.459 e. The molecule has 1 aromatic carbocycles. The number of carbonyl (C=O) groups is 4. The van der Waals surface area contributed by atoms with Crippen molar-refractivity contribution < 1.29 is 23.6 Å². The van der Waals surface area contributed by atoms with Gasteiger partial charge >= 0.3 is 0 Å². The SMILES string of the molecule is C[C@H](NC(=O)c1ccco1)C(=O)NCCN1C(=O)S/C(=C\c2cccc(Cl)c2Cl)C1=O. The summed E-state index contributed by atoms with van der Waals surface area (Å²) in [5.41, 5.74) is 0.522. The molecule has 1 aromatic heterocycles. The van der Waals surface area contributed by atoms with Crippen LogP contribution < -0.4 is 10.6 Å². The molecule has 31 heavy (non-hydrogen) atoms. The lowest BCUT2D eigenvalue weighted by atomic mass is 10.2. The number of amides is 4. The van der Waals surface area contributed by atoms with Crippen molar-refractivity contribution in [1.82, 2.24) is 15.5 Å². The number of carbonyl (C=O) groups excluding carboxylic acids is 4. The van der Waals surface area contributed by atoms with Gasteiger partial charge in [-0.25, -0.2) is 0 Å². The average molecular weight is 482 g/mol. The zero-order chi connectivity index (χ0) is 22.5. The molecule has 162 valence electrons. The normalized spacial score (nSPS) is 16.0. The van der Waals surface area contributed by atoms with Gasteiger partial charge in [0.1, 0.15) is 6.04 Å². The molecule has 0 spiro atoms. The first-order valence-electron chi connectivity index (χ1n) is 9.09. The molecule has 8 nitrogen and oxygen atoms in total. The van der Waals surface area contributed by atoms with E-state index in [0.29, 0.717) is 10.6 Å². The number of rotatable bonds is 7. The van der Waals surface area contributed by atoms with Crippen LogP contribution >= 0.6 is 35.0 Å². The van der Waals surface area contributed by atoms with Crippen molar-refractivity contribution in [2.24, 2.45) is 0 Å². The molecule has 0 unspecified atom stereocenters. The summed E-state index contributed by atoms with van der Waals surface area (Å²) in [7, 11) is 0. The van der Waals surface area contributed by atoms with E-state index in [1.165, 1.54) is 25.3 Å². The summed E-state index contributed by atoms with van der Waals surface area (Å²) in [5, 5.41) is 5.25. The van der Waals surface area contributed by atoms with Crippen LogP contribution in [0, 0.1) is 0 Å². The fourth-order valence-electron chi connectivity index (χ4n) is 2.65. The van der Waals surface area contributed by atoms with Crippen LogP contribution in [0.15, 0.2) is 45.9 Å². The first-order chi connectivity index (χ1) is 14.8. The Hall–Kier alpha value is -2.75. The molecule has 0 saturated carbocycles. The predicted octanol–water partition coefficient (Wildman–Crippen LogP) is 3.56. The molecule has 1 fully saturated rings. The molecule has 0 aliphatic carbocycles. The van der Waals surface area contributed by atoms with Crippen LogP contribution in [0.25, 0.3) is 6.08 Å². The molecular weight excluding hydrogens is 465 g/mol. The third kappa shape index (κ3) is 5.49. The number of hydrogen-bond acceptors (Lipinski definition) is 6. The molecule has 4 amide bonds. The minimum Gasteiger partial charge on any atom is -0.459 e. The highest BCUT2D eigenvalue weighted by molar-refractivity contribution is 8.18. The topological polar surface area (TPSA) is 109 Å². The van der Waals surface area contributed by atoms with E-state index >= 15 is 0 Å². The molecule has 3 rings (SSSR count). The van der Waals surface area contributed by atoms with Crippen LogP contribution in [-0.2, 0) is 9.59 Å². The maximum Gasteiger partial charge on any atom is 0.293 e. The fraction of sp³-hybridized carbons (Fsp3) is 0.200. The number of nitrogens with one attached hydrogen (secondary N) is 2. The van der Waals surface area contributed by atoms with Crippen molar-refractivity contribution in [3.05, 3.63) is 62.9 Å². The van der Waals surface area contributed by atoms with Gasteiger partial charge in [0.15, 0.2) is 5.76 Å². The van der Waals surface area contributed by atoms with Crippen LogP contribution in [0.4, 0.5) is 4.79 Å². The molecule has 1 aliphatic rings. The molecule has 1 atom stereocenters. The third-order valence-electron chi connectivity index (χ3n) is 4.26. The van der Waals surface area contributed by atoms with Gasteiger partial charge in [-0.3, -0.25) is 24.1 Å². The summed E-state index contributed by atoms with van der Waals surface area (Å²) in [5.74, 6) is -1.39. The lowest BCUT2D eigenvalue weighted by Crippen LogP contribution is -2.46. The van der Waals surface area contributed by atoms with Crippen molar-refractivity contribution >= 4 is 64.0 Å². The van der Waals surface area contributed by atoms with Crippen LogP contribution in [0.2, 0.25) is 10.0 Å². The van der Waals surface area contributed by atoms with E-state index in [0.717, 1.165) is 16.7 Å². The van der Waals surface area contributed by atoms with Crippen LogP contribution in [-0.4, -0.2) is 47.0 Å². The molecule has 0 bridgehead atoms. The van der Waals surface area contributed by atoms with Crippen molar-refractivity contribution in [3.8, 4) is 0 Å². The van der Waals surface area contributed by atoms with E-state index in [4.69, 9.17) is 27.6 Å². The highest BCUT2D eigenvalue weighted by Gasteiger charge is 2.35. The second kappa shape index (κ2) is 10.0. The lowest BCUT2D eigenvalue weighted by Gasteiger charge is -2.16. The van der Waals surface area contributed by atoms with E-state index in [1.807, 2.05) is 0 Å². The zero-order valence-electron chi connectivity index (χ0n) is 16.2. The average Bonchev–Trinajstić information content (AvgIpc) is 3.36. The molecule has 2 aromatic rings. The smallest absolute Gasteiger partial charge is 0.293 e. The Labute approximate surface area is 191 Å². The van der Waals surface area contributed by atoms with Crippen LogP contribution in [0.3, 0.4) is 0 Å². The summed E-state index contributed by atoms with van der Waals surface area (Å²) < 4.78 is 4.97. The number of thioether (sulfide) groups is 1. The Balaban J connectivity index is 1.53. The van der Waals surface area contributed by atoms with Gasteiger partial charge in [-0.1, -0.05) is 35.3 Å². The quantitative estimate of drug-likeness (QED) is 0.585. The second-order valence-electron chi connectivity index (χ2n) is 6.44.